The molecule has 0 radical (unpaired) electrons. The molecule has 0 bridgehead atoms. The number of esters is 2. The van der Waals surface area contributed by atoms with Crippen molar-refractivity contribution in [1.82, 2.24) is 0 Å². The van der Waals surface area contributed by atoms with Gasteiger partial charge in [-0.25, -0.2) is 9.59 Å². The van der Waals surface area contributed by atoms with Crippen molar-refractivity contribution >= 4 is 11.9 Å². The van der Waals surface area contributed by atoms with Crippen LogP contribution in [0.1, 0.15) is 178 Å². The molecule has 7 nitrogen and oxygen atoms in total. The summed E-state index contributed by atoms with van der Waals surface area (Å²) in [4.78, 5) is 24.7. The van der Waals surface area contributed by atoms with Gasteiger partial charge >= 0.3 is 11.9 Å². The molecule has 458 valence electrons. The fourth-order valence-electron chi connectivity index (χ4n) is 10.7. The van der Waals surface area contributed by atoms with Crippen LogP contribution in [0.3, 0.4) is 0 Å². The van der Waals surface area contributed by atoms with Gasteiger partial charge in [-0.2, -0.15) is 0 Å². The van der Waals surface area contributed by atoms with Crippen LogP contribution in [0.15, 0.2) is 200 Å². The van der Waals surface area contributed by atoms with E-state index in [1.54, 1.807) is 12.1 Å². The Balaban J connectivity index is 0.000000189. The molecule has 9 aromatic rings. The van der Waals surface area contributed by atoms with E-state index in [0.717, 1.165) is 98.4 Å². The third-order valence-electron chi connectivity index (χ3n) is 15.7. The van der Waals surface area contributed by atoms with Gasteiger partial charge in [0.2, 0.25) is 0 Å². The molecule has 0 saturated heterocycles. The summed E-state index contributed by atoms with van der Waals surface area (Å²) < 4.78 is 10.5. The summed E-state index contributed by atoms with van der Waals surface area (Å²) in [5.74, 6) is -0.425. The van der Waals surface area contributed by atoms with Crippen molar-refractivity contribution in [1.29, 1.82) is 0 Å². The molecule has 0 fully saturated rings. The SMILES string of the molecule is CCCOC(=O)c1cc(CCc2ccc(Cc3ccccc3)cc2)cc(C(C)(C)C)c1O.CCCOC(=O)c1cc(CCc2ccc(Cc3ccccc3)cc2)cc(C)c1O.Cc1cc(CCc2ccc(Cc3ccccc3)cc2)cc(C(C)(C)C)c1O. The van der Waals surface area contributed by atoms with Crippen LogP contribution in [0.25, 0.3) is 0 Å². The van der Waals surface area contributed by atoms with Gasteiger partial charge in [0, 0.05) is 5.56 Å². The first kappa shape index (κ1) is 66.8. The molecule has 88 heavy (non-hydrogen) atoms. The van der Waals surface area contributed by atoms with Crippen LogP contribution in [0, 0.1) is 13.8 Å². The van der Waals surface area contributed by atoms with E-state index in [0.29, 0.717) is 24.5 Å². The Bertz CT molecular complexity index is 3630. The number of phenols is 3. The zero-order valence-corrected chi connectivity index (χ0v) is 53.7. The topological polar surface area (TPSA) is 113 Å². The van der Waals surface area contributed by atoms with Crippen molar-refractivity contribution in [3.05, 3.63) is 300 Å². The molecule has 0 amide bonds. The predicted octanol–water partition coefficient (Wildman–Crippen LogP) is 18.7. The van der Waals surface area contributed by atoms with Crippen LogP contribution in [-0.2, 0) is 78.1 Å². The minimum atomic E-state index is -0.459. The first-order valence-corrected chi connectivity index (χ1v) is 31.4. The maximum atomic E-state index is 12.5. The molecule has 9 rings (SSSR count). The minimum Gasteiger partial charge on any atom is -0.507 e. The Hall–Kier alpha value is -8.68. The second-order valence-electron chi connectivity index (χ2n) is 25.4. The lowest BCUT2D eigenvalue weighted by Gasteiger charge is -2.23. The smallest absolute Gasteiger partial charge is 0.341 e. The number of hydrogen-bond acceptors (Lipinski definition) is 7. The highest BCUT2D eigenvalue weighted by Gasteiger charge is 2.25. The fraction of sp³-hybridized carbons (Fsp3) is 0.309. The number of carbonyl (C=O) groups excluding carboxylic acids is 2. The first-order chi connectivity index (χ1) is 42.2. The van der Waals surface area contributed by atoms with Gasteiger partial charge in [-0.15, -0.1) is 0 Å². The zero-order chi connectivity index (χ0) is 63.2. The van der Waals surface area contributed by atoms with E-state index in [1.165, 1.54) is 55.6 Å². The number of carbonyl (C=O) groups is 2. The molecule has 0 heterocycles. The lowest BCUT2D eigenvalue weighted by atomic mass is 9.83. The first-order valence-electron chi connectivity index (χ1n) is 31.4. The standard InChI is InChI=1S/C29H34O3.C26H28O3.C26H30O/c1-5-17-32-28(31)25-19-24(20-26(27(25)30)29(2,3)4)16-13-21-11-14-23(15-12-21)18-22-9-7-6-8-10-22;1-3-15-29-26(28)24-18-23(16-19(2)25(24)27)14-11-20-9-12-22(13-10-20)17-21-7-5-4-6-8-21;1-19-16-23(18-24(25(19)27)26(2,3)4)15-12-20-10-13-22(14-11-20)17-21-8-6-5-7-9-21/h6-12,14-15,19-20,30H,5,13,16-18H2,1-4H3;4-10,12-13,16,18,27H,3,11,14-15,17H2,1-2H3;5-11,13-14,16,18,27H,12,15,17H2,1-4H3. The average molecular weight is 1180 g/mol. The number of aromatic hydroxyl groups is 3. The summed E-state index contributed by atoms with van der Waals surface area (Å²) in [5, 5.41) is 31.4. The molecule has 0 aliphatic rings. The molecule has 7 heteroatoms. The van der Waals surface area contributed by atoms with Crippen molar-refractivity contribution in [3.8, 4) is 17.2 Å². The Morgan fingerprint density at radius 2 is 0.591 bits per heavy atom. The number of rotatable bonds is 21. The second-order valence-corrected chi connectivity index (χ2v) is 25.4. The number of ether oxygens (including phenoxy) is 2. The van der Waals surface area contributed by atoms with E-state index in [-0.39, 0.29) is 33.5 Å². The maximum absolute atomic E-state index is 12.5. The Labute approximate surface area is 525 Å². The Kier molecular flexibility index (Phi) is 24.6. The van der Waals surface area contributed by atoms with E-state index >= 15 is 0 Å². The molecule has 0 unspecified atom stereocenters. The van der Waals surface area contributed by atoms with E-state index in [1.807, 2.05) is 72.7 Å². The van der Waals surface area contributed by atoms with E-state index in [9.17, 15) is 24.9 Å². The van der Waals surface area contributed by atoms with Crippen molar-refractivity contribution in [2.75, 3.05) is 13.2 Å². The summed E-state index contributed by atoms with van der Waals surface area (Å²) in [5.41, 5.74) is 18.8. The highest BCUT2D eigenvalue weighted by Crippen LogP contribution is 2.37. The molecule has 0 aliphatic heterocycles. The van der Waals surface area contributed by atoms with Gasteiger partial charge in [-0.1, -0.05) is 243 Å². The fourth-order valence-corrected chi connectivity index (χ4v) is 10.7. The van der Waals surface area contributed by atoms with E-state index in [4.69, 9.17) is 9.47 Å². The molecule has 9 aromatic carbocycles. The van der Waals surface area contributed by atoms with Crippen molar-refractivity contribution in [2.24, 2.45) is 0 Å². The number of phenolic OH excluding ortho intramolecular Hbond substituents is 3. The van der Waals surface area contributed by atoms with Crippen LogP contribution >= 0.6 is 0 Å². The highest BCUT2D eigenvalue weighted by atomic mass is 16.5. The number of aryl methyl sites for hydroxylation is 8. The summed E-state index contributed by atoms with van der Waals surface area (Å²) >= 11 is 0. The van der Waals surface area contributed by atoms with Gasteiger partial charge in [-0.05, 0) is 191 Å². The summed E-state index contributed by atoms with van der Waals surface area (Å²) in [6, 6.07) is 69.7. The van der Waals surface area contributed by atoms with Gasteiger partial charge in [0.15, 0.2) is 0 Å². The van der Waals surface area contributed by atoms with Crippen molar-refractivity contribution < 1.29 is 34.4 Å². The maximum Gasteiger partial charge on any atom is 0.341 e. The summed E-state index contributed by atoms with van der Waals surface area (Å²) in [7, 11) is 0. The molecule has 0 atom stereocenters. The number of benzene rings is 9. The van der Waals surface area contributed by atoms with E-state index < -0.39 is 11.9 Å². The van der Waals surface area contributed by atoms with Gasteiger partial charge in [0.25, 0.3) is 0 Å². The molecule has 3 N–H and O–H groups in total. The second kappa shape index (κ2) is 32.3. The molecular weight excluding hydrogens is 1080 g/mol. The van der Waals surface area contributed by atoms with Crippen LogP contribution < -0.4 is 0 Å². The summed E-state index contributed by atoms with van der Waals surface area (Å²) in [6.07, 6.45) is 9.67. The highest BCUT2D eigenvalue weighted by molar-refractivity contribution is 5.94. The predicted molar refractivity (Wildman–Crippen MR) is 362 cm³/mol. The van der Waals surface area contributed by atoms with Gasteiger partial charge in [0.1, 0.15) is 28.4 Å². The minimum absolute atomic E-state index is 0.0140. The van der Waals surface area contributed by atoms with Crippen LogP contribution in [0.5, 0.6) is 17.2 Å². The van der Waals surface area contributed by atoms with Crippen molar-refractivity contribution in [2.45, 2.75) is 151 Å². The average Bonchev–Trinajstić information content (AvgIpc) is 3.58. The molecule has 0 aromatic heterocycles. The number of hydrogen-bond donors (Lipinski definition) is 3. The monoisotopic (exact) mass is 1180 g/mol. The van der Waals surface area contributed by atoms with E-state index in [2.05, 4.69) is 185 Å². The van der Waals surface area contributed by atoms with Crippen LogP contribution in [0.2, 0.25) is 0 Å². The molecule has 0 spiro atoms. The van der Waals surface area contributed by atoms with Crippen LogP contribution in [0.4, 0.5) is 0 Å². The lowest BCUT2D eigenvalue weighted by Crippen LogP contribution is -2.15. The lowest BCUT2D eigenvalue weighted by molar-refractivity contribution is 0.0492. The van der Waals surface area contributed by atoms with Crippen LogP contribution in [-0.4, -0.2) is 40.5 Å². The third kappa shape index (κ3) is 20.5. The molecular formula is C81H92O7. The quantitative estimate of drug-likeness (QED) is 0.0614. The van der Waals surface area contributed by atoms with Gasteiger partial charge in [0.05, 0.1) is 13.2 Å². The van der Waals surface area contributed by atoms with Gasteiger partial charge in [-0.3, -0.25) is 0 Å². The Morgan fingerprint density at radius 3 is 0.920 bits per heavy atom. The zero-order valence-electron chi connectivity index (χ0n) is 53.7. The normalized spacial score (nSPS) is 11.2. The largest absolute Gasteiger partial charge is 0.507 e. The molecule has 0 aliphatic carbocycles. The molecule has 0 saturated carbocycles. The Morgan fingerprint density at radius 1 is 0.330 bits per heavy atom. The van der Waals surface area contributed by atoms with Crippen molar-refractivity contribution in [3.63, 3.8) is 0 Å². The van der Waals surface area contributed by atoms with Gasteiger partial charge < -0.3 is 24.8 Å². The summed E-state index contributed by atoms with van der Waals surface area (Å²) in [6.45, 7) is 21.0. The third-order valence-corrected chi connectivity index (χ3v) is 15.7.